The Bertz CT molecular complexity index is 290. The zero-order chi connectivity index (χ0) is 14.1. The molecule has 2 nitrogen and oxygen atoms in total. The molecule has 0 aromatic heterocycles. The standard InChI is InChI=1S/C14H25F3N2/c1-11(2)13(5-6-13)9-18-12-3-7-19(8-4-12)10-14(15,16)17/h11-12,18H,3-10H2,1-2H3. The predicted octanol–water partition coefficient (Wildman–Crippen LogP) is 3.04. The van der Waals surface area contributed by atoms with Gasteiger partial charge < -0.3 is 5.32 Å². The summed E-state index contributed by atoms with van der Waals surface area (Å²) in [5, 5.41) is 3.58. The molecule has 1 saturated heterocycles. The highest BCUT2D eigenvalue weighted by Gasteiger charge is 2.45. The fourth-order valence-electron chi connectivity index (χ4n) is 3.02. The summed E-state index contributed by atoms with van der Waals surface area (Å²) in [6.07, 6.45) is 0.208. The van der Waals surface area contributed by atoms with Gasteiger partial charge in [-0.1, -0.05) is 13.8 Å². The van der Waals surface area contributed by atoms with Gasteiger partial charge in [0.1, 0.15) is 0 Å². The Hall–Kier alpha value is -0.290. The molecule has 19 heavy (non-hydrogen) atoms. The van der Waals surface area contributed by atoms with E-state index in [9.17, 15) is 13.2 Å². The summed E-state index contributed by atoms with van der Waals surface area (Å²) >= 11 is 0. The van der Waals surface area contributed by atoms with Crippen molar-refractivity contribution in [2.24, 2.45) is 11.3 Å². The molecule has 0 aromatic rings. The van der Waals surface area contributed by atoms with Crippen LogP contribution in [0.25, 0.3) is 0 Å². The maximum absolute atomic E-state index is 12.3. The molecule has 1 aliphatic heterocycles. The van der Waals surface area contributed by atoms with Crippen molar-refractivity contribution in [2.75, 3.05) is 26.2 Å². The first-order chi connectivity index (χ1) is 8.81. The first-order valence-electron chi connectivity index (χ1n) is 7.33. The minimum absolute atomic E-state index is 0.403. The van der Waals surface area contributed by atoms with E-state index in [1.54, 1.807) is 0 Å². The SMILES string of the molecule is CC(C)C1(CNC2CCN(CC(F)(F)F)CC2)CC1. The topological polar surface area (TPSA) is 15.3 Å². The van der Waals surface area contributed by atoms with E-state index in [0.717, 1.165) is 19.4 Å². The predicted molar refractivity (Wildman–Crippen MR) is 70.0 cm³/mol. The fraction of sp³-hybridized carbons (Fsp3) is 1.00. The summed E-state index contributed by atoms with van der Waals surface area (Å²) in [5.74, 6) is 0.699. The van der Waals surface area contributed by atoms with E-state index < -0.39 is 12.7 Å². The Balaban J connectivity index is 1.67. The van der Waals surface area contributed by atoms with E-state index in [0.29, 0.717) is 30.5 Å². The Labute approximate surface area is 113 Å². The van der Waals surface area contributed by atoms with Crippen LogP contribution in [0.2, 0.25) is 0 Å². The summed E-state index contributed by atoms with van der Waals surface area (Å²) in [5.41, 5.74) is 0.475. The zero-order valence-electron chi connectivity index (χ0n) is 11.9. The van der Waals surface area contributed by atoms with E-state index in [1.165, 1.54) is 17.7 Å². The van der Waals surface area contributed by atoms with Crippen LogP contribution in [0.3, 0.4) is 0 Å². The van der Waals surface area contributed by atoms with Crippen molar-refractivity contribution >= 4 is 0 Å². The second-order valence-corrected chi connectivity index (χ2v) is 6.56. The molecule has 0 amide bonds. The minimum atomic E-state index is -4.06. The molecule has 2 aliphatic rings. The largest absolute Gasteiger partial charge is 0.401 e. The summed E-state index contributed by atoms with van der Waals surface area (Å²) in [7, 11) is 0. The molecule has 0 aromatic carbocycles. The number of hydrogen-bond acceptors (Lipinski definition) is 2. The molecule has 1 N–H and O–H groups in total. The molecule has 0 radical (unpaired) electrons. The lowest BCUT2D eigenvalue weighted by Gasteiger charge is -2.34. The van der Waals surface area contributed by atoms with Crippen molar-refractivity contribution in [3.63, 3.8) is 0 Å². The van der Waals surface area contributed by atoms with Crippen LogP contribution in [-0.2, 0) is 0 Å². The van der Waals surface area contributed by atoms with Crippen molar-refractivity contribution < 1.29 is 13.2 Å². The monoisotopic (exact) mass is 278 g/mol. The number of rotatable bonds is 5. The van der Waals surface area contributed by atoms with Gasteiger partial charge in [-0.25, -0.2) is 0 Å². The van der Waals surface area contributed by atoms with Crippen LogP contribution in [-0.4, -0.2) is 43.3 Å². The first kappa shape index (κ1) is 15.1. The van der Waals surface area contributed by atoms with Gasteiger partial charge in [-0.15, -0.1) is 0 Å². The molecular weight excluding hydrogens is 253 g/mol. The van der Waals surface area contributed by atoms with Crippen LogP contribution in [0.4, 0.5) is 13.2 Å². The molecule has 0 spiro atoms. The number of halogens is 3. The highest BCUT2D eigenvalue weighted by Crippen LogP contribution is 2.51. The molecule has 112 valence electrons. The van der Waals surface area contributed by atoms with Gasteiger partial charge in [0.15, 0.2) is 0 Å². The van der Waals surface area contributed by atoms with Crippen molar-refractivity contribution in [2.45, 2.75) is 51.7 Å². The number of nitrogens with one attached hydrogen (secondary N) is 1. The Morgan fingerprint density at radius 1 is 1.21 bits per heavy atom. The Morgan fingerprint density at radius 2 is 1.79 bits per heavy atom. The molecule has 2 rings (SSSR count). The molecule has 5 heteroatoms. The summed E-state index contributed by atoms with van der Waals surface area (Å²) in [4.78, 5) is 1.52. The van der Waals surface area contributed by atoms with Gasteiger partial charge >= 0.3 is 6.18 Å². The smallest absolute Gasteiger partial charge is 0.313 e. The molecule has 1 aliphatic carbocycles. The fourth-order valence-corrected chi connectivity index (χ4v) is 3.02. The van der Waals surface area contributed by atoms with E-state index in [-0.39, 0.29) is 0 Å². The molecule has 0 bridgehead atoms. The van der Waals surface area contributed by atoms with Crippen molar-refractivity contribution in [3.05, 3.63) is 0 Å². The van der Waals surface area contributed by atoms with Gasteiger partial charge in [0.05, 0.1) is 6.54 Å². The summed E-state index contributed by atoms with van der Waals surface area (Å²) in [6, 6.07) is 0.403. The first-order valence-corrected chi connectivity index (χ1v) is 7.33. The highest BCUT2D eigenvalue weighted by atomic mass is 19.4. The molecule has 2 fully saturated rings. The van der Waals surface area contributed by atoms with Crippen LogP contribution in [0, 0.1) is 11.3 Å². The third kappa shape index (κ3) is 4.35. The molecule has 1 heterocycles. The summed E-state index contributed by atoms with van der Waals surface area (Å²) < 4.78 is 36.8. The van der Waals surface area contributed by atoms with E-state index in [2.05, 4.69) is 19.2 Å². The lowest BCUT2D eigenvalue weighted by molar-refractivity contribution is -0.148. The number of piperidine rings is 1. The second kappa shape index (κ2) is 5.60. The van der Waals surface area contributed by atoms with Crippen molar-refractivity contribution in [3.8, 4) is 0 Å². The molecule has 0 unspecified atom stereocenters. The van der Waals surface area contributed by atoms with Crippen LogP contribution < -0.4 is 5.32 Å². The van der Waals surface area contributed by atoms with E-state index in [4.69, 9.17) is 0 Å². The van der Waals surface area contributed by atoms with Crippen LogP contribution in [0.5, 0.6) is 0 Å². The third-order valence-corrected chi connectivity index (χ3v) is 4.85. The zero-order valence-corrected chi connectivity index (χ0v) is 11.9. The Morgan fingerprint density at radius 3 is 2.21 bits per heavy atom. The van der Waals surface area contributed by atoms with Gasteiger partial charge in [0.2, 0.25) is 0 Å². The van der Waals surface area contributed by atoms with E-state index >= 15 is 0 Å². The van der Waals surface area contributed by atoms with Crippen molar-refractivity contribution in [1.29, 1.82) is 0 Å². The summed E-state index contributed by atoms with van der Waals surface area (Å²) in [6.45, 7) is 5.93. The van der Waals surface area contributed by atoms with Gasteiger partial charge in [0.25, 0.3) is 0 Å². The van der Waals surface area contributed by atoms with Crippen molar-refractivity contribution in [1.82, 2.24) is 10.2 Å². The van der Waals surface area contributed by atoms with Crippen LogP contribution in [0.1, 0.15) is 39.5 Å². The molecular formula is C14H25F3N2. The van der Waals surface area contributed by atoms with E-state index in [1.807, 2.05) is 0 Å². The molecule has 0 atom stereocenters. The quantitative estimate of drug-likeness (QED) is 0.831. The normalized spacial score (nSPS) is 24.9. The Kier molecular flexibility index (Phi) is 4.45. The maximum atomic E-state index is 12.3. The number of hydrogen-bond donors (Lipinski definition) is 1. The van der Waals surface area contributed by atoms with Crippen LogP contribution in [0.15, 0.2) is 0 Å². The maximum Gasteiger partial charge on any atom is 0.401 e. The highest BCUT2D eigenvalue weighted by molar-refractivity contribution is 4.98. The average molecular weight is 278 g/mol. The number of likely N-dealkylation sites (tertiary alicyclic amines) is 1. The van der Waals surface area contributed by atoms with Crippen LogP contribution >= 0.6 is 0 Å². The average Bonchev–Trinajstić information content (AvgIpc) is 3.07. The third-order valence-electron chi connectivity index (χ3n) is 4.85. The van der Waals surface area contributed by atoms with Gasteiger partial charge in [-0.3, -0.25) is 4.90 Å². The lowest BCUT2D eigenvalue weighted by atomic mass is 9.91. The van der Waals surface area contributed by atoms with Gasteiger partial charge in [-0.2, -0.15) is 13.2 Å². The number of nitrogens with zero attached hydrogens (tertiary/aromatic N) is 1. The van der Waals surface area contributed by atoms with Gasteiger partial charge in [0, 0.05) is 12.6 Å². The second-order valence-electron chi connectivity index (χ2n) is 6.56. The molecule has 1 saturated carbocycles. The van der Waals surface area contributed by atoms with Gasteiger partial charge in [-0.05, 0) is 50.1 Å². The number of alkyl halides is 3. The minimum Gasteiger partial charge on any atom is -0.313 e. The lowest BCUT2D eigenvalue weighted by Crippen LogP contribution is -2.47.